The number of pyridine rings is 1. The van der Waals surface area contributed by atoms with Crippen LogP contribution in [0, 0.1) is 5.92 Å². The molecule has 1 aromatic carbocycles. The zero-order valence-corrected chi connectivity index (χ0v) is 11.7. The lowest BCUT2D eigenvalue weighted by Crippen LogP contribution is -2.37. The van der Waals surface area contributed by atoms with Crippen molar-refractivity contribution in [1.82, 2.24) is 4.98 Å². The zero-order chi connectivity index (χ0) is 13.8. The number of aliphatic hydroxyl groups is 1. The molecule has 104 valence electrons. The van der Waals surface area contributed by atoms with Gasteiger partial charge in [0.1, 0.15) is 5.60 Å². The molecule has 0 radical (unpaired) electrons. The minimum atomic E-state index is -0.884. The number of hydrogen-bond donors (Lipinski definition) is 1. The van der Waals surface area contributed by atoms with Crippen LogP contribution < -0.4 is 0 Å². The van der Waals surface area contributed by atoms with Crippen LogP contribution in [-0.2, 0) is 5.60 Å². The van der Waals surface area contributed by atoms with Crippen molar-refractivity contribution in [3.8, 4) is 0 Å². The molecule has 1 aromatic heterocycles. The van der Waals surface area contributed by atoms with Gasteiger partial charge in [0.2, 0.25) is 0 Å². The van der Waals surface area contributed by atoms with Crippen molar-refractivity contribution >= 4 is 0 Å². The molecule has 20 heavy (non-hydrogen) atoms. The lowest BCUT2D eigenvalue weighted by Gasteiger charge is -2.39. The summed E-state index contributed by atoms with van der Waals surface area (Å²) in [5.74, 6) is 0.293. The Morgan fingerprint density at radius 2 is 1.45 bits per heavy atom. The second-order valence-electron chi connectivity index (χ2n) is 5.70. The second-order valence-corrected chi connectivity index (χ2v) is 5.70. The van der Waals surface area contributed by atoms with Crippen LogP contribution in [-0.4, -0.2) is 10.1 Å². The van der Waals surface area contributed by atoms with Gasteiger partial charge < -0.3 is 5.11 Å². The molecule has 0 saturated heterocycles. The number of hydrogen-bond acceptors (Lipinski definition) is 2. The SMILES string of the molecule is O[C@](c1ccccc1)(c1ccncc1)C1CCCCC1. The molecule has 1 fully saturated rings. The van der Waals surface area contributed by atoms with Crippen molar-refractivity contribution in [2.45, 2.75) is 37.7 Å². The Hall–Kier alpha value is -1.67. The van der Waals surface area contributed by atoms with Gasteiger partial charge in [0.15, 0.2) is 0 Å². The first kappa shape index (κ1) is 13.3. The standard InChI is InChI=1S/C18H21NO/c20-18(15-7-3-1-4-8-15,16-9-5-2-6-10-16)17-11-13-19-14-12-17/h1,3-4,7-8,11-14,16,20H,2,5-6,9-10H2/t18-/m0/s1. The van der Waals surface area contributed by atoms with Gasteiger partial charge >= 0.3 is 0 Å². The average Bonchev–Trinajstić information content (AvgIpc) is 2.56. The predicted molar refractivity (Wildman–Crippen MR) is 80.3 cm³/mol. The normalized spacial score (nSPS) is 19.4. The van der Waals surface area contributed by atoms with Crippen LogP contribution in [0.1, 0.15) is 43.2 Å². The van der Waals surface area contributed by atoms with Crippen molar-refractivity contribution < 1.29 is 5.11 Å². The Morgan fingerprint density at radius 3 is 2.10 bits per heavy atom. The molecular weight excluding hydrogens is 246 g/mol. The molecule has 0 unspecified atom stereocenters. The highest BCUT2D eigenvalue weighted by Gasteiger charge is 2.40. The van der Waals surface area contributed by atoms with Gasteiger partial charge in [0.25, 0.3) is 0 Å². The first-order valence-corrected chi connectivity index (χ1v) is 7.50. The van der Waals surface area contributed by atoms with Crippen LogP contribution in [0.15, 0.2) is 54.9 Å². The second kappa shape index (κ2) is 5.76. The van der Waals surface area contributed by atoms with Crippen LogP contribution >= 0.6 is 0 Å². The first-order valence-electron chi connectivity index (χ1n) is 7.50. The largest absolute Gasteiger partial charge is 0.380 e. The summed E-state index contributed by atoms with van der Waals surface area (Å²) in [6, 6.07) is 14.0. The lowest BCUT2D eigenvalue weighted by atomic mass is 9.70. The fourth-order valence-electron chi connectivity index (χ4n) is 3.46. The molecule has 1 atom stereocenters. The summed E-state index contributed by atoms with van der Waals surface area (Å²) in [5.41, 5.74) is 1.08. The molecule has 2 nitrogen and oxygen atoms in total. The van der Waals surface area contributed by atoms with Crippen LogP contribution in [0.2, 0.25) is 0 Å². The van der Waals surface area contributed by atoms with Crippen LogP contribution in [0.5, 0.6) is 0 Å². The van der Waals surface area contributed by atoms with Crippen LogP contribution in [0.4, 0.5) is 0 Å². The Balaban J connectivity index is 2.07. The summed E-state index contributed by atoms with van der Waals surface area (Å²) in [4.78, 5) is 4.09. The molecule has 0 aliphatic heterocycles. The summed E-state index contributed by atoms with van der Waals surface area (Å²) in [7, 11) is 0. The minimum absolute atomic E-state index is 0.293. The summed E-state index contributed by atoms with van der Waals surface area (Å²) in [5, 5.41) is 11.6. The third-order valence-electron chi connectivity index (χ3n) is 4.53. The molecule has 2 heteroatoms. The number of benzene rings is 1. The monoisotopic (exact) mass is 267 g/mol. The fraction of sp³-hybridized carbons (Fsp3) is 0.389. The summed E-state index contributed by atoms with van der Waals surface area (Å²) in [6.07, 6.45) is 9.44. The van der Waals surface area contributed by atoms with E-state index in [1.54, 1.807) is 12.4 Å². The van der Waals surface area contributed by atoms with Gasteiger partial charge in [-0.15, -0.1) is 0 Å². The van der Waals surface area contributed by atoms with Gasteiger partial charge in [-0.05, 0) is 42.0 Å². The van der Waals surface area contributed by atoms with Crippen molar-refractivity contribution in [3.05, 3.63) is 66.0 Å². The Labute approximate surface area is 120 Å². The van der Waals surface area contributed by atoms with E-state index in [1.165, 1.54) is 19.3 Å². The third kappa shape index (κ3) is 2.36. The van der Waals surface area contributed by atoms with E-state index in [2.05, 4.69) is 4.98 Å². The van der Waals surface area contributed by atoms with Crippen molar-refractivity contribution in [3.63, 3.8) is 0 Å². The number of nitrogens with zero attached hydrogens (tertiary/aromatic N) is 1. The summed E-state index contributed by atoms with van der Waals surface area (Å²) < 4.78 is 0. The van der Waals surface area contributed by atoms with E-state index in [-0.39, 0.29) is 0 Å². The van der Waals surface area contributed by atoms with Gasteiger partial charge in [-0.25, -0.2) is 0 Å². The van der Waals surface area contributed by atoms with E-state index in [1.807, 2.05) is 42.5 Å². The van der Waals surface area contributed by atoms with Crippen LogP contribution in [0.3, 0.4) is 0 Å². The maximum atomic E-state index is 11.6. The molecule has 1 heterocycles. The molecule has 1 aliphatic carbocycles. The molecule has 1 aliphatic rings. The maximum Gasteiger partial charge on any atom is 0.117 e. The smallest absolute Gasteiger partial charge is 0.117 e. The number of rotatable bonds is 3. The highest BCUT2D eigenvalue weighted by molar-refractivity contribution is 5.36. The molecule has 1 N–H and O–H groups in total. The molecule has 0 bridgehead atoms. The number of aromatic nitrogens is 1. The predicted octanol–water partition coefficient (Wildman–Crippen LogP) is 3.90. The Bertz CT molecular complexity index is 492. The van der Waals surface area contributed by atoms with E-state index in [4.69, 9.17) is 0 Å². The van der Waals surface area contributed by atoms with E-state index in [0.717, 1.165) is 24.0 Å². The first-order chi connectivity index (χ1) is 9.82. The van der Waals surface area contributed by atoms with E-state index in [0.29, 0.717) is 5.92 Å². The van der Waals surface area contributed by atoms with E-state index >= 15 is 0 Å². The molecule has 3 rings (SSSR count). The van der Waals surface area contributed by atoms with Crippen molar-refractivity contribution in [1.29, 1.82) is 0 Å². The van der Waals surface area contributed by atoms with E-state index < -0.39 is 5.60 Å². The summed E-state index contributed by atoms with van der Waals surface area (Å²) >= 11 is 0. The molecule has 2 aromatic rings. The minimum Gasteiger partial charge on any atom is -0.380 e. The summed E-state index contributed by atoms with van der Waals surface area (Å²) in [6.45, 7) is 0. The van der Waals surface area contributed by atoms with Gasteiger partial charge in [0.05, 0.1) is 0 Å². The maximum absolute atomic E-state index is 11.6. The molecule has 0 spiro atoms. The Kier molecular flexibility index (Phi) is 3.83. The highest BCUT2D eigenvalue weighted by Crippen LogP contribution is 2.43. The average molecular weight is 267 g/mol. The van der Waals surface area contributed by atoms with Gasteiger partial charge in [0, 0.05) is 12.4 Å². The van der Waals surface area contributed by atoms with Gasteiger partial charge in [-0.2, -0.15) is 0 Å². The molecular formula is C18H21NO. The molecule has 0 amide bonds. The highest BCUT2D eigenvalue weighted by atomic mass is 16.3. The Morgan fingerprint density at radius 1 is 0.850 bits per heavy atom. The third-order valence-corrected chi connectivity index (χ3v) is 4.53. The zero-order valence-electron chi connectivity index (χ0n) is 11.7. The van der Waals surface area contributed by atoms with Crippen LogP contribution in [0.25, 0.3) is 0 Å². The van der Waals surface area contributed by atoms with Gasteiger partial charge in [-0.1, -0.05) is 49.6 Å². The van der Waals surface area contributed by atoms with Crippen molar-refractivity contribution in [2.75, 3.05) is 0 Å². The topological polar surface area (TPSA) is 33.1 Å². The molecule has 1 saturated carbocycles. The fourth-order valence-corrected chi connectivity index (χ4v) is 3.46. The van der Waals surface area contributed by atoms with Crippen molar-refractivity contribution in [2.24, 2.45) is 5.92 Å². The van der Waals surface area contributed by atoms with Gasteiger partial charge in [-0.3, -0.25) is 4.98 Å². The lowest BCUT2D eigenvalue weighted by molar-refractivity contribution is -0.000781. The quantitative estimate of drug-likeness (QED) is 0.915. The van der Waals surface area contributed by atoms with E-state index in [9.17, 15) is 5.11 Å².